The number of aryl methyl sites for hydroxylation is 1. The molecule has 5 rings (SSSR count). The Hall–Kier alpha value is -3.57. The summed E-state index contributed by atoms with van der Waals surface area (Å²) < 4.78 is 14.7. The molecule has 10 heteroatoms. The Morgan fingerprint density at radius 2 is 1.82 bits per heavy atom. The fourth-order valence-corrected chi connectivity index (χ4v) is 5.38. The number of nitrogens with zero attached hydrogens (tertiary/aromatic N) is 4. The maximum atomic E-state index is 12.7. The summed E-state index contributed by atoms with van der Waals surface area (Å²) >= 11 is 1.53. The van der Waals surface area contributed by atoms with Crippen molar-refractivity contribution in [2.75, 3.05) is 11.1 Å². The lowest BCUT2D eigenvalue weighted by atomic mass is 9.91. The Labute approximate surface area is 225 Å². The van der Waals surface area contributed by atoms with E-state index in [4.69, 9.17) is 9.47 Å². The maximum absolute atomic E-state index is 12.7. The average Bonchev–Trinajstić information content (AvgIpc) is 3.37. The van der Waals surface area contributed by atoms with Gasteiger partial charge in [-0.2, -0.15) is 0 Å². The summed E-state index contributed by atoms with van der Waals surface area (Å²) in [5.41, 5.74) is 3.89. The number of aromatic nitrogens is 4. The number of hydrogen-bond acceptors (Lipinski definition) is 8. The number of carbonyl (C=O) groups is 1. The molecule has 4 aromatic rings. The first kappa shape index (κ1) is 26.1. The number of anilines is 1. The molecule has 0 saturated carbocycles. The maximum Gasteiger partial charge on any atom is 0.255 e. The largest absolute Gasteiger partial charge is 0.392 e. The lowest BCUT2D eigenvalue weighted by Gasteiger charge is -2.41. The van der Waals surface area contributed by atoms with Crippen molar-refractivity contribution in [1.82, 2.24) is 20.2 Å². The summed E-state index contributed by atoms with van der Waals surface area (Å²) in [4.78, 5) is 12.7. The molecule has 0 aliphatic carbocycles. The van der Waals surface area contributed by atoms with Gasteiger partial charge in [0.1, 0.15) is 0 Å². The molecule has 3 aromatic carbocycles. The van der Waals surface area contributed by atoms with Crippen molar-refractivity contribution >= 4 is 23.4 Å². The summed E-state index contributed by atoms with van der Waals surface area (Å²) in [7, 11) is 1.81. The molecule has 1 aliphatic rings. The van der Waals surface area contributed by atoms with E-state index in [-0.39, 0.29) is 30.6 Å². The third kappa shape index (κ3) is 5.94. The summed E-state index contributed by atoms with van der Waals surface area (Å²) in [6, 6.07) is 24.4. The van der Waals surface area contributed by atoms with Crippen molar-refractivity contribution in [3.8, 4) is 0 Å². The van der Waals surface area contributed by atoms with Gasteiger partial charge in [0, 0.05) is 35.5 Å². The monoisotopic (exact) mass is 531 g/mol. The van der Waals surface area contributed by atoms with E-state index >= 15 is 0 Å². The molecule has 38 heavy (non-hydrogen) atoms. The first-order valence-corrected chi connectivity index (χ1v) is 13.3. The highest BCUT2D eigenvalue weighted by atomic mass is 32.2. The molecule has 0 bridgehead atoms. The van der Waals surface area contributed by atoms with Crippen molar-refractivity contribution in [2.24, 2.45) is 13.0 Å². The average molecular weight is 532 g/mol. The number of rotatable bonds is 8. The zero-order chi connectivity index (χ0) is 26.5. The normalized spacial score (nSPS) is 21.2. The van der Waals surface area contributed by atoms with Crippen molar-refractivity contribution in [3.05, 3.63) is 101 Å². The van der Waals surface area contributed by atoms with Gasteiger partial charge in [0.05, 0.1) is 18.8 Å². The predicted octanol–water partition coefficient (Wildman–Crippen LogP) is 4.54. The highest BCUT2D eigenvalue weighted by molar-refractivity contribution is 7.99. The number of hydrogen-bond donors (Lipinski definition) is 2. The van der Waals surface area contributed by atoms with Crippen LogP contribution < -0.4 is 5.32 Å². The fourth-order valence-electron chi connectivity index (χ4n) is 4.37. The number of ether oxygens (including phenoxy) is 2. The zero-order valence-electron chi connectivity index (χ0n) is 21.1. The molecule has 1 aromatic heterocycles. The van der Waals surface area contributed by atoms with Gasteiger partial charge in [-0.25, -0.2) is 4.68 Å². The molecule has 9 nitrogen and oxygen atoms in total. The SMILES string of the molecule is C[C@H]1[C@@H](CSc2nnnn2C)O[C@@H](c2cccc(NC(=O)c3ccccc3)c2)O[C@H]1c1ccc(CO)cc1. The van der Waals surface area contributed by atoms with E-state index < -0.39 is 6.29 Å². The number of benzene rings is 3. The summed E-state index contributed by atoms with van der Waals surface area (Å²) in [5, 5.41) is 24.8. The number of thioether (sulfide) groups is 1. The molecule has 0 unspecified atom stereocenters. The number of tetrazole rings is 1. The van der Waals surface area contributed by atoms with Crippen LogP contribution in [0.4, 0.5) is 5.69 Å². The van der Waals surface area contributed by atoms with E-state index in [0.29, 0.717) is 22.2 Å². The number of amides is 1. The van der Waals surface area contributed by atoms with E-state index in [2.05, 4.69) is 27.8 Å². The number of carbonyl (C=O) groups excluding carboxylic acids is 1. The molecular formula is C28H29N5O4S. The van der Waals surface area contributed by atoms with Crippen LogP contribution in [-0.2, 0) is 23.1 Å². The van der Waals surface area contributed by atoms with Crippen LogP contribution in [0.25, 0.3) is 0 Å². The van der Waals surface area contributed by atoms with Crippen LogP contribution >= 0.6 is 11.8 Å². The fraction of sp³-hybridized carbons (Fsp3) is 0.286. The minimum atomic E-state index is -0.648. The van der Waals surface area contributed by atoms with Gasteiger partial charge >= 0.3 is 0 Å². The van der Waals surface area contributed by atoms with E-state index in [9.17, 15) is 9.90 Å². The van der Waals surface area contributed by atoms with Gasteiger partial charge in [-0.3, -0.25) is 4.79 Å². The second-order valence-corrected chi connectivity index (χ2v) is 10.2. The quantitative estimate of drug-likeness (QED) is 0.319. The molecule has 4 atom stereocenters. The molecule has 196 valence electrons. The number of nitrogens with one attached hydrogen (secondary N) is 1. The zero-order valence-corrected chi connectivity index (χ0v) is 21.9. The minimum absolute atomic E-state index is 0.0143. The molecule has 0 radical (unpaired) electrons. The van der Waals surface area contributed by atoms with E-state index in [1.807, 2.05) is 66.7 Å². The highest BCUT2D eigenvalue weighted by Gasteiger charge is 2.38. The van der Waals surface area contributed by atoms with Gasteiger partial charge in [-0.05, 0) is 45.8 Å². The molecule has 1 amide bonds. The van der Waals surface area contributed by atoms with Gasteiger partial charge in [0.2, 0.25) is 5.16 Å². The third-order valence-corrected chi connectivity index (χ3v) is 7.63. The van der Waals surface area contributed by atoms with E-state index in [1.165, 1.54) is 11.8 Å². The Balaban J connectivity index is 1.39. The van der Waals surface area contributed by atoms with Crippen LogP contribution in [0, 0.1) is 5.92 Å². The Bertz CT molecular complexity index is 1370. The van der Waals surface area contributed by atoms with Crippen molar-refractivity contribution in [2.45, 2.75) is 37.2 Å². The van der Waals surface area contributed by atoms with Gasteiger partial charge in [-0.1, -0.05) is 73.3 Å². The topological polar surface area (TPSA) is 111 Å². The molecule has 2 N–H and O–H groups in total. The molecule has 1 aliphatic heterocycles. The lowest BCUT2D eigenvalue weighted by molar-refractivity contribution is -0.268. The summed E-state index contributed by atoms with van der Waals surface area (Å²) in [5.74, 6) is 0.474. The summed E-state index contributed by atoms with van der Waals surface area (Å²) in [6.45, 7) is 2.09. The first-order chi connectivity index (χ1) is 18.5. The van der Waals surface area contributed by atoms with Crippen LogP contribution in [0.15, 0.2) is 84.0 Å². The van der Waals surface area contributed by atoms with Gasteiger partial charge < -0.3 is 19.9 Å². The Morgan fingerprint density at radius 3 is 2.53 bits per heavy atom. The molecular weight excluding hydrogens is 502 g/mol. The Morgan fingerprint density at radius 1 is 1.03 bits per heavy atom. The van der Waals surface area contributed by atoms with Gasteiger partial charge in [0.15, 0.2) is 6.29 Å². The number of aliphatic hydroxyl groups excluding tert-OH is 1. The van der Waals surface area contributed by atoms with Crippen molar-refractivity contribution < 1.29 is 19.4 Å². The second-order valence-electron chi connectivity index (χ2n) is 9.16. The van der Waals surface area contributed by atoms with Gasteiger partial charge in [-0.15, -0.1) is 5.10 Å². The molecule has 2 heterocycles. The van der Waals surface area contributed by atoms with Crippen LogP contribution in [0.5, 0.6) is 0 Å². The van der Waals surface area contributed by atoms with E-state index in [1.54, 1.807) is 23.9 Å². The minimum Gasteiger partial charge on any atom is -0.392 e. The second kappa shape index (κ2) is 11.9. The Kier molecular flexibility index (Phi) is 8.14. The smallest absolute Gasteiger partial charge is 0.255 e. The molecule has 1 fully saturated rings. The number of aliphatic hydroxyl groups is 1. The van der Waals surface area contributed by atoms with Crippen LogP contribution in [0.2, 0.25) is 0 Å². The van der Waals surface area contributed by atoms with E-state index in [0.717, 1.165) is 16.7 Å². The van der Waals surface area contributed by atoms with Crippen LogP contribution in [-0.4, -0.2) is 43.1 Å². The highest BCUT2D eigenvalue weighted by Crippen LogP contribution is 2.43. The van der Waals surface area contributed by atoms with Crippen molar-refractivity contribution in [1.29, 1.82) is 0 Å². The third-order valence-electron chi connectivity index (χ3n) is 6.53. The predicted molar refractivity (Wildman–Crippen MR) is 143 cm³/mol. The van der Waals surface area contributed by atoms with Gasteiger partial charge in [0.25, 0.3) is 5.91 Å². The molecule has 0 spiro atoms. The van der Waals surface area contributed by atoms with Crippen LogP contribution in [0.3, 0.4) is 0 Å². The summed E-state index contributed by atoms with van der Waals surface area (Å²) in [6.07, 6.45) is -1.06. The molecule has 1 saturated heterocycles. The first-order valence-electron chi connectivity index (χ1n) is 12.3. The standard InChI is InChI=1S/C28H29N5O4S/c1-18-24(17-38-28-30-31-32-33(28)2)36-27(37-25(18)20-13-11-19(16-34)12-14-20)22-9-6-10-23(15-22)29-26(35)21-7-4-3-5-8-21/h3-15,18,24-25,27,34H,16-17H2,1-2H3,(H,29,35)/t18-,24+,25+,27+/m0/s1. The lowest BCUT2D eigenvalue weighted by Crippen LogP contribution is -2.38. The van der Waals surface area contributed by atoms with Crippen molar-refractivity contribution in [3.63, 3.8) is 0 Å². The van der Waals surface area contributed by atoms with Crippen LogP contribution in [0.1, 0.15) is 46.4 Å².